The summed E-state index contributed by atoms with van der Waals surface area (Å²) in [5.74, 6) is 1.37. The fourth-order valence-corrected chi connectivity index (χ4v) is 4.76. The molecule has 28 heavy (non-hydrogen) atoms. The first-order valence-corrected chi connectivity index (χ1v) is 9.98. The lowest BCUT2D eigenvalue weighted by Gasteiger charge is -2.36. The van der Waals surface area contributed by atoms with E-state index in [1.54, 1.807) is 14.0 Å². The molecule has 146 valence electrons. The predicted molar refractivity (Wildman–Crippen MR) is 111 cm³/mol. The Hall–Kier alpha value is -2.87. The number of H-pyrrole nitrogens is 1. The number of hydrogen-bond donors (Lipinski definition) is 1. The molecule has 3 heterocycles. The number of hydrogen-bond acceptors (Lipinski definition) is 6. The summed E-state index contributed by atoms with van der Waals surface area (Å²) < 4.78 is 5.21. The van der Waals surface area contributed by atoms with E-state index < -0.39 is 0 Å². The standard InChI is InChI=1S/C20H22N4O3S/c1-12-16-18(25)21-13(2)22-19(16)28-17(12)20(26)24-10-8-23(9-11-24)14-4-6-15(27-3)7-5-14/h4-7H,8-11H2,1-3H3,(H,21,22,25). The Morgan fingerprint density at radius 2 is 1.82 bits per heavy atom. The van der Waals surface area contributed by atoms with E-state index in [-0.39, 0.29) is 11.5 Å². The van der Waals surface area contributed by atoms with Crippen LogP contribution in [0.3, 0.4) is 0 Å². The lowest BCUT2D eigenvalue weighted by Crippen LogP contribution is -2.48. The van der Waals surface area contributed by atoms with E-state index in [2.05, 4.69) is 14.9 Å². The number of nitrogens with one attached hydrogen (secondary N) is 1. The highest BCUT2D eigenvalue weighted by Crippen LogP contribution is 2.29. The number of anilines is 1. The quantitative estimate of drug-likeness (QED) is 0.734. The molecule has 4 rings (SSSR count). The fraction of sp³-hybridized carbons (Fsp3) is 0.350. The number of thiophene rings is 1. The average Bonchev–Trinajstić information content (AvgIpc) is 3.04. The second-order valence-electron chi connectivity index (χ2n) is 6.86. The highest BCUT2D eigenvalue weighted by molar-refractivity contribution is 7.20. The maximum absolute atomic E-state index is 13.1. The van der Waals surface area contributed by atoms with Crippen LogP contribution >= 0.6 is 11.3 Å². The Labute approximate surface area is 166 Å². The highest BCUT2D eigenvalue weighted by Gasteiger charge is 2.26. The maximum Gasteiger partial charge on any atom is 0.264 e. The van der Waals surface area contributed by atoms with E-state index in [1.807, 2.05) is 36.1 Å². The number of aryl methyl sites for hydroxylation is 2. The van der Waals surface area contributed by atoms with Gasteiger partial charge in [0.25, 0.3) is 11.5 Å². The molecule has 0 unspecified atom stereocenters. The Morgan fingerprint density at radius 1 is 1.14 bits per heavy atom. The Balaban J connectivity index is 1.51. The number of carbonyl (C=O) groups is 1. The number of fused-ring (bicyclic) bond motifs is 1. The van der Waals surface area contributed by atoms with Crippen LogP contribution in [0.1, 0.15) is 21.1 Å². The number of rotatable bonds is 3. The van der Waals surface area contributed by atoms with Crippen molar-refractivity contribution in [1.29, 1.82) is 0 Å². The number of carbonyl (C=O) groups excluding carboxylic acids is 1. The van der Waals surface area contributed by atoms with Gasteiger partial charge in [0.1, 0.15) is 16.4 Å². The van der Waals surface area contributed by atoms with Gasteiger partial charge in [-0.1, -0.05) is 0 Å². The van der Waals surface area contributed by atoms with Gasteiger partial charge in [-0.2, -0.15) is 0 Å². The third-order valence-corrected chi connectivity index (χ3v) is 6.29. The van der Waals surface area contributed by atoms with Crippen LogP contribution in [0.4, 0.5) is 5.69 Å². The summed E-state index contributed by atoms with van der Waals surface area (Å²) in [4.78, 5) is 37.8. The number of methoxy groups -OCH3 is 1. The topological polar surface area (TPSA) is 78.5 Å². The molecule has 1 saturated heterocycles. The SMILES string of the molecule is COc1ccc(N2CCN(C(=O)c3sc4nc(C)[nH]c(=O)c4c3C)CC2)cc1. The van der Waals surface area contributed by atoms with Gasteiger partial charge in [-0.05, 0) is 43.7 Å². The van der Waals surface area contributed by atoms with E-state index >= 15 is 0 Å². The van der Waals surface area contributed by atoms with Crippen LogP contribution in [0.5, 0.6) is 5.75 Å². The zero-order chi connectivity index (χ0) is 19.8. The van der Waals surface area contributed by atoms with Crippen LogP contribution in [-0.2, 0) is 0 Å². The van der Waals surface area contributed by atoms with Gasteiger partial charge >= 0.3 is 0 Å². The smallest absolute Gasteiger partial charge is 0.264 e. The number of piperazine rings is 1. The van der Waals surface area contributed by atoms with Crippen LogP contribution in [-0.4, -0.2) is 54.1 Å². The van der Waals surface area contributed by atoms with Crippen molar-refractivity contribution in [1.82, 2.24) is 14.9 Å². The largest absolute Gasteiger partial charge is 0.497 e. The molecule has 3 aromatic rings. The first-order valence-electron chi connectivity index (χ1n) is 9.16. The molecule has 1 aliphatic heterocycles. The molecule has 0 atom stereocenters. The fourth-order valence-electron chi connectivity index (χ4n) is 3.56. The lowest BCUT2D eigenvalue weighted by atomic mass is 10.2. The minimum atomic E-state index is -0.181. The minimum absolute atomic E-state index is 0.0214. The van der Waals surface area contributed by atoms with Crippen molar-refractivity contribution < 1.29 is 9.53 Å². The molecule has 8 heteroatoms. The minimum Gasteiger partial charge on any atom is -0.497 e. The van der Waals surface area contributed by atoms with Crippen LogP contribution in [0.2, 0.25) is 0 Å². The maximum atomic E-state index is 13.1. The van der Waals surface area contributed by atoms with Crippen LogP contribution in [0.15, 0.2) is 29.1 Å². The van der Waals surface area contributed by atoms with Gasteiger partial charge in [0.15, 0.2) is 0 Å². The molecular formula is C20H22N4O3S. The molecule has 1 amide bonds. The van der Waals surface area contributed by atoms with E-state index in [4.69, 9.17) is 4.74 Å². The number of amides is 1. The Morgan fingerprint density at radius 3 is 2.46 bits per heavy atom. The molecule has 0 saturated carbocycles. The normalized spacial score (nSPS) is 14.5. The van der Waals surface area contributed by atoms with Gasteiger partial charge in [0.05, 0.1) is 17.4 Å². The van der Waals surface area contributed by atoms with E-state index in [0.717, 1.165) is 30.1 Å². The third kappa shape index (κ3) is 3.24. The third-order valence-electron chi connectivity index (χ3n) is 5.12. The zero-order valence-electron chi connectivity index (χ0n) is 16.1. The Kier molecular flexibility index (Phi) is 4.80. The van der Waals surface area contributed by atoms with E-state index in [1.165, 1.54) is 11.3 Å². The summed E-state index contributed by atoms with van der Waals surface area (Å²) in [7, 11) is 1.65. The molecular weight excluding hydrogens is 376 g/mol. The molecule has 0 bridgehead atoms. The van der Waals surface area contributed by atoms with Crippen LogP contribution in [0.25, 0.3) is 10.2 Å². The molecule has 1 aromatic carbocycles. The monoisotopic (exact) mass is 398 g/mol. The van der Waals surface area contributed by atoms with Crippen LogP contribution < -0.4 is 15.2 Å². The average molecular weight is 398 g/mol. The molecule has 0 spiro atoms. The van der Waals surface area contributed by atoms with Crippen molar-refractivity contribution in [2.75, 3.05) is 38.2 Å². The molecule has 0 radical (unpaired) electrons. The summed E-state index contributed by atoms with van der Waals surface area (Å²) in [6.07, 6.45) is 0. The summed E-state index contributed by atoms with van der Waals surface area (Å²) in [5.41, 5.74) is 1.66. The second kappa shape index (κ2) is 7.27. The van der Waals surface area contributed by atoms with Crippen molar-refractivity contribution >= 4 is 33.1 Å². The molecule has 2 aromatic heterocycles. The molecule has 7 nitrogen and oxygen atoms in total. The van der Waals surface area contributed by atoms with Crippen molar-refractivity contribution in [3.63, 3.8) is 0 Å². The van der Waals surface area contributed by atoms with Gasteiger partial charge < -0.3 is 19.5 Å². The summed E-state index contributed by atoms with van der Waals surface area (Å²) in [6, 6.07) is 7.96. The van der Waals surface area contributed by atoms with Crippen molar-refractivity contribution in [3.05, 3.63) is 50.9 Å². The number of nitrogens with zero attached hydrogens (tertiary/aromatic N) is 3. The van der Waals surface area contributed by atoms with Gasteiger partial charge in [0, 0.05) is 31.9 Å². The van der Waals surface area contributed by atoms with Crippen molar-refractivity contribution in [3.8, 4) is 5.75 Å². The van der Waals surface area contributed by atoms with Crippen LogP contribution in [0, 0.1) is 13.8 Å². The number of aromatic amines is 1. The first-order chi connectivity index (χ1) is 13.5. The van der Waals surface area contributed by atoms with Crippen molar-refractivity contribution in [2.24, 2.45) is 0 Å². The summed E-state index contributed by atoms with van der Waals surface area (Å²) in [6.45, 7) is 6.38. The molecule has 1 N–H and O–H groups in total. The number of ether oxygens (including phenoxy) is 1. The van der Waals surface area contributed by atoms with Gasteiger partial charge in [-0.15, -0.1) is 11.3 Å². The highest BCUT2D eigenvalue weighted by atomic mass is 32.1. The molecule has 1 aliphatic rings. The van der Waals surface area contributed by atoms with Gasteiger partial charge in [-0.25, -0.2) is 4.98 Å². The zero-order valence-corrected chi connectivity index (χ0v) is 16.9. The number of benzene rings is 1. The molecule has 0 aliphatic carbocycles. The van der Waals surface area contributed by atoms with E-state index in [9.17, 15) is 9.59 Å². The summed E-state index contributed by atoms with van der Waals surface area (Å²) >= 11 is 1.31. The van der Waals surface area contributed by atoms with Crippen molar-refractivity contribution in [2.45, 2.75) is 13.8 Å². The van der Waals surface area contributed by atoms with E-state index in [0.29, 0.717) is 34.0 Å². The second-order valence-corrected chi connectivity index (χ2v) is 7.86. The summed E-state index contributed by atoms with van der Waals surface area (Å²) in [5, 5.41) is 0.524. The predicted octanol–water partition coefficient (Wildman–Crippen LogP) is 2.57. The van der Waals surface area contributed by atoms with Gasteiger partial charge in [0.2, 0.25) is 0 Å². The molecule has 1 fully saturated rings. The number of aromatic nitrogens is 2. The lowest BCUT2D eigenvalue weighted by molar-refractivity contribution is 0.0751. The van der Waals surface area contributed by atoms with Gasteiger partial charge in [-0.3, -0.25) is 9.59 Å². The Bertz CT molecular complexity index is 1080. The first kappa shape index (κ1) is 18.5.